The molecule has 39 heavy (non-hydrogen) atoms. The van der Waals surface area contributed by atoms with Crippen LogP contribution in [-0.2, 0) is 11.3 Å². The number of anilines is 4. The maximum absolute atomic E-state index is 13.3. The lowest BCUT2D eigenvalue weighted by Gasteiger charge is -2.35. The normalized spacial score (nSPS) is 15.8. The lowest BCUT2D eigenvalue weighted by atomic mass is 10.1. The van der Waals surface area contributed by atoms with Gasteiger partial charge in [-0.1, -0.05) is 11.3 Å². The summed E-state index contributed by atoms with van der Waals surface area (Å²) in [6, 6.07) is 14.0. The molecule has 1 amide bonds. The zero-order chi connectivity index (χ0) is 27.4. The minimum Gasteiger partial charge on any atom is -0.342 e. The molecular weight excluding hydrogens is 515 g/mol. The fourth-order valence-electron chi connectivity index (χ4n) is 4.73. The molecule has 5 rings (SSSR count). The molecule has 204 valence electrons. The first kappa shape index (κ1) is 26.9. The number of hydrogen-bond acceptors (Lipinski definition) is 9. The van der Waals surface area contributed by atoms with E-state index in [9.17, 15) is 9.18 Å². The molecule has 4 aromatic rings. The van der Waals surface area contributed by atoms with Crippen LogP contribution in [0, 0.1) is 5.82 Å². The zero-order valence-corrected chi connectivity index (χ0v) is 23.2. The van der Waals surface area contributed by atoms with E-state index in [0.29, 0.717) is 17.5 Å². The Morgan fingerprint density at radius 2 is 1.95 bits per heavy atom. The van der Waals surface area contributed by atoms with Gasteiger partial charge in [0.25, 0.3) is 0 Å². The van der Waals surface area contributed by atoms with E-state index < -0.39 is 0 Å². The number of hydrogen-bond donors (Lipinski definition) is 2. The van der Waals surface area contributed by atoms with Gasteiger partial charge >= 0.3 is 0 Å². The molecule has 2 N–H and O–H groups in total. The molecule has 3 aromatic heterocycles. The monoisotopic (exact) mass is 548 g/mol. The van der Waals surface area contributed by atoms with Crippen molar-refractivity contribution < 1.29 is 9.18 Å². The van der Waals surface area contributed by atoms with E-state index in [1.54, 1.807) is 18.3 Å². The minimum atomic E-state index is -0.270. The van der Waals surface area contributed by atoms with Gasteiger partial charge in [-0.3, -0.25) is 9.69 Å². The smallest absolute Gasteiger partial charge is 0.241 e. The molecule has 9 nitrogen and oxygen atoms in total. The van der Waals surface area contributed by atoms with Crippen molar-refractivity contribution in [1.82, 2.24) is 30.1 Å². The number of aromatic nitrogens is 3. The summed E-state index contributed by atoms with van der Waals surface area (Å²) in [5.41, 5.74) is 2.76. The van der Waals surface area contributed by atoms with Crippen LogP contribution in [0.3, 0.4) is 0 Å². The SMILES string of the molecule is CCN(CC)C(=O)C1CN(Cc2ccnc(Nc3nc4ccc(N(C)c5ccc(F)cc5)nc4s3)c2)CCN1. The van der Waals surface area contributed by atoms with Crippen LogP contribution < -0.4 is 15.5 Å². The van der Waals surface area contributed by atoms with Crippen molar-refractivity contribution in [3.05, 3.63) is 66.1 Å². The summed E-state index contributed by atoms with van der Waals surface area (Å²) in [7, 11) is 1.90. The Hall–Kier alpha value is -3.67. The zero-order valence-electron chi connectivity index (χ0n) is 22.4. The molecular formula is C28H33FN8OS. The summed E-state index contributed by atoms with van der Waals surface area (Å²) in [6.07, 6.45) is 1.79. The highest BCUT2D eigenvalue weighted by Gasteiger charge is 2.28. The quantitative estimate of drug-likeness (QED) is 0.319. The van der Waals surface area contributed by atoms with Gasteiger partial charge in [0.05, 0.1) is 6.04 Å². The molecule has 1 aliphatic heterocycles. The number of carbonyl (C=O) groups excluding carboxylic acids is 1. The highest BCUT2D eigenvalue weighted by molar-refractivity contribution is 7.21. The molecule has 1 fully saturated rings. The van der Waals surface area contributed by atoms with E-state index in [1.807, 2.05) is 55.0 Å². The lowest BCUT2D eigenvalue weighted by molar-refractivity contribution is -0.134. The molecule has 1 unspecified atom stereocenters. The van der Waals surface area contributed by atoms with Crippen LogP contribution in [0.1, 0.15) is 19.4 Å². The van der Waals surface area contributed by atoms with Crippen molar-refractivity contribution in [2.24, 2.45) is 0 Å². The Balaban J connectivity index is 1.25. The molecule has 1 aromatic carbocycles. The Morgan fingerprint density at radius 3 is 2.72 bits per heavy atom. The number of amides is 1. The van der Waals surface area contributed by atoms with Crippen molar-refractivity contribution in [2.45, 2.75) is 26.4 Å². The molecule has 1 aliphatic rings. The van der Waals surface area contributed by atoms with Gasteiger partial charge in [0.2, 0.25) is 5.91 Å². The topological polar surface area (TPSA) is 89.5 Å². The number of nitrogens with zero attached hydrogens (tertiary/aromatic N) is 6. The fourth-order valence-corrected chi connectivity index (χ4v) is 5.57. The molecule has 0 radical (unpaired) electrons. The van der Waals surface area contributed by atoms with E-state index in [0.717, 1.165) is 60.1 Å². The van der Waals surface area contributed by atoms with Gasteiger partial charge in [-0.15, -0.1) is 0 Å². The van der Waals surface area contributed by atoms with Crippen LogP contribution in [-0.4, -0.2) is 76.5 Å². The van der Waals surface area contributed by atoms with Crippen LogP contribution in [0.25, 0.3) is 10.3 Å². The molecule has 0 aliphatic carbocycles. The molecule has 1 saturated heterocycles. The predicted octanol–water partition coefficient (Wildman–Crippen LogP) is 4.38. The summed E-state index contributed by atoms with van der Waals surface area (Å²) < 4.78 is 13.3. The maximum atomic E-state index is 13.3. The average molecular weight is 549 g/mol. The summed E-state index contributed by atoms with van der Waals surface area (Å²) in [4.78, 5) is 33.6. The van der Waals surface area contributed by atoms with Crippen LogP contribution in [0.2, 0.25) is 0 Å². The summed E-state index contributed by atoms with van der Waals surface area (Å²) in [5, 5.41) is 7.40. The summed E-state index contributed by atoms with van der Waals surface area (Å²) >= 11 is 1.45. The third kappa shape index (κ3) is 6.32. The standard InChI is InChI=1S/C28H33FN8OS/c1-4-37(5-2)27(38)23-18-36(15-14-30-23)17-19-12-13-31-24(16-19)33-28-32-22-10-11-25(34-26(22)39-28)35(3)21-8-6-20(29)7-9-21/h6-13,16,23,30H,4-5,14-15,17-18H2,1-3H3,(H,31,32,33). The molecule has 4 heterocycles. The number of halogens is 1. The van der Waals surface area contributed by atoms with Crippen molar-refractivity contribution in [3.8, 4) is 0 Å². The number of benzene rings is 1. The van der Waals surface area contributed by atoms with Crippen molar-refractivity contribution in [2.75, 3.05) is 50.0 Å². The first-order valence-electron chi connectivity index (χ1n) is 13.2. The second-order valence-electron chi connectivity index (χ2n) is 9.47. The number of pyridine rings is 2. The second-order valence-corrected chi connectivity index (χ2v) is 10.5. The number of fused-ring (bicyclic) bond motifs is 1. The van der Waals surface area contributed by atoms with Crippen LogP contribution in [0.4, 0.5) is 26.8 Å². The lowest BCUT2D eigenvalue weighted by Crippen LogP contribution is -2.57. The Morgan fingerprint density at radius 1 is 1.15 bits per heavy atom. The number of rotatable bonds is 9. The van der Waals surface area contributed by atoms with Gasteiger partial charge in [0.15, 0.2) is 5.13 Å². The van der Waals surface area contributed by atoms with Crippen molar-refractivity contribution in [1.29, 1.82) is 0 Å². The summed E-state index contributed by atoms with van der Waals surface area (Å²) in [5.74, 6) is 1.35. The van der Waals surface area contributed by atoms with Crippen molar-refractivity contribution >= 4 is 50.0 Å². The number of thiazole rings is 1. The molecule has 1 atom stereocenters. The first-order chi connectivity index (χ1) is 18.9. The Bertz CT molecular complexity index is 1420. The van der Waals surface area contributed by atoms with Crippen LogP contribution in [0.15, 0.2) is 54.7 Å². The van der Waals surface area contributed by atoms with E-state index in [1.165, 1.54) is 23.5 Å². The number of carbonyl (C=O) groups is 1. The predicted molar refractivity (Wildman–Crippen MR) is 154 cm³/mol. The van der Waals surface area contributed by atoms with E-state index in [-0.39, 0.29) is 17.8 Å². The molecule has 0 bridgehead atoms. The summed E-state index contributed by atoms with van der Waals surface area (Å²) in [6.45, 7) is 8.55. The van der Waals surface area contributed by atoms with E-state index in [4.69, 9.17) is 4.98 Å². The number of nitrogens with one attached hydrogen (secondary N) is 2. The fraction of sp³-hybridized carbons (Fsp3) is 0.357. The van der Waals surface area contributed by atoms with Gasteiger partial charge in [0, 0.05) is 58.2 Å². The first-order valence-corrected chi connectivity index (χ1v) is 14.0. The van der Waals surface area contributed by atoms with Gasteiger partial charge in [0.1, 0.15) is 27.8 Å². The molecule has 0 spiro atoms. The highest BCUT2D eigenvalue weighted by atomic mass is 32.1. The average Bonchev–Trinajstić information content (AvgIpc) is 3.35. The van der Waals surface area contributed by atoms with Gasteiger partial charge < -0.3 is 20.4 Å². The largest absolute Gasteiger partial charge is 0.342 e. The Labute approximate surface area is 231 Å². The van der Waals surface area contributed by atoms with Crippen molar-refractivity contribution in [3.63, 3.8) is 0 Å². The minimum absolute atomic E-state index is 0.165. The third-order valence-corrected chi connectivity index (χ3v) is 7.78. The van der Waals surface area contributed by atoms with Crippen LogP contribution >= 0.6 is 11.3 Å². The maximum Gasteiger partial charge on any atom is 0.241 e. The van der Waals surface area contributed by atoms with Gasteiger partial charge in [-0.05, 0) is 67.9 Å². The molecule has 11 heteroatoms. The Kier molecular flexibility index (Phi) is 8.30. The van der Waals surface area contributed by atoms with Gasteiger partial charge in [-0.25, -0.2) is 19.3 Å². The number of likely N-dealkylation sites (N-methyl/N-ethyl adjacent to an activating group) is 1. The molecule has 0 saturated carbocycles. The van der Waals surface area contributed by atoms with E-state index >= 15 is 0 Å². The van der Waals surface area contributed by atoms with Gasteiger partial charge in [-0.2, -0.15) is 0 Å². The van der Waals surface area contributed by atoms with E-state index in [2.05, 4.69) is 25.5 Å². The highest BCUT2D eigenvalue weighted by Crippen LogP contribution is 2.30. The third-order valence-electron chi connectivity index (χ3n) is 6.90. The van der Waals surface area contributed by atoms with Crippen LogP contribution in [0.5, 0.6) is 0 Å². The second kappa shape index (κ2) is 12.0. The number of piperazine rings is 1.